The first kappa shape index (κ1) is 11.9. The fourth-order valence-corrected chi connectivity index (χ4v) is 2.65. The number of aromatic nitrogens is 3. The summed E-state index contributed by atoms with van der Waals surface area (Å²) in [6.07, 6.45) is 1.92. The average molecular weight is 275 g/mol. The van der Waals surface area contributed by atoms with Crippen LogP contribution in [0.3, 0.4) is 0 Å². The molecule has 0 saturated heterocycles. The molecule has 4 aromatic rings. The van der Waals surface area contributed by atoms with Gasteiger partial charge in [0.15, 0.2) is 5.52 Å². The minimum absolute atomic E-state index is 0.157. The predicted octanol–water partition coefficient (Wildman–Crippen LogP) is 3.18. The van der Waals surface area contributed by atoms with Crippen LogP contribution in [0.2, 0.25) is 0 Å². The third-order valence-corrected chi connectivity index (χ3v) is 3.66. The molecule has 4 rings (SSSR count). The van der Waals surface area contributed by atoms with Crippen LogP contribution in [0.15, 0.2) is 59.5 Å². The van der Waals surface area contributed by atoms with Gasteiger partial charge >= 0.3 is 0 Å². The Hall–Kier alpha value is -2.88. The maximum atomic E-state index is 12.2. The molecule has 0 aliphatic carbocycles. The van der Waals surface area contributed by atoms with Crippen LogP contribution in [0.4, 0.5) is 0 Å². The number of H-pyrrole nitrogens is 1. The summed E-state index contributed by atoms with van der Waals surface area (Å²) >= 11 is 0. The quantitative estimate of drug-likeness (QED) is 0.580. The standard InChI is InChI=1S/C17H13N3O/c1-11-5-4-6-12(9-11)20-10-14-13-7-2-3-8-15(13)18-17(21)16(14)19-20/h2-10H,1H3,(H,18,21). The van der Waals surface area contributed by atoms with Crippen LogP contribution in [0.1, 0.15) is 5.56 Å². The molecule has 4 nitrogen and oxygen atoms in total. The highest BCUT2D eigenvalue weighted by molar-refractivity contribution is 6.03. The Morgan fingerprint density at radius 1 is 1.05 bits per heavy atom. The minimum Gasteiger partial charge on any atom is -0.320 e. The lowest BCUT2D eigenvalue weighted by Crippen LogP contribution is -2.06. The second-order valence-electron chi connectivity index (χ2n) is 5.17. The Kier molecular flexibility index (Phi) is 2.44. The van der Waals surface area contributed by atoms with E-state index in [0.29, 0.717) is 5.52 Å². The van der Waals surface area contributed by atoms with Crippen molar-refractivity contribution in [3.8, 4) is 5.69 Å². The van der Waals surface area contributed by atoms with Crippen molar-refractivity contribution in [1.82, 2.24) is 14.8 Å². The van der Waals surface area contributed by atoms with Crippen LogP contribution < -0.4 is 5.56 Å². The first-order valence-corrected chi connectivity index (χ1v) is 6.80. The lowest BCUT2D eigenvalue weighted by molar-refractivity contribution is 0.892. The molecule has 0 spiro atoms. The Morgan fingerprint density at radius 2 is 1.90 bits per heavy atom. The number of nitrogens with zero attached hydrogens (tertiary/aromatic N) is 2. The van der Waals surface area contributed by atoms with Crippen molar-refractivity contribution in [2.24, 2.45) is 0 Å². The smallest absolute Gasteiger partial charge is 0.276 e. The lowest BCUT2D eigenvalue weighted by Gasteiger charge is -2.01. The third-order valence-electron chi connectivity index (χ3n) is 3.66. The Balaban J connectivity index is 2.08. The maximum Gasteiger partial charge on any atom is 0.276 e. The topological polar surface area (TPSA) is 50.7 Å². The van der Waals surface area contributed by atoms with Crippen LogP contribution in [-0.2, 0) is 0 Å². The van der Waals surface area contributed by atoms with E-state index in [9.17, 15) is 4.79 Å². The van der Waals surface area contributed by atoms with Crippen LogP contribution in [0.5, 0.6) is 0 Å². The monoisotopic (exact) mass is 275 g/mol. The van der Waals surface area contributed by atoms with Gasteiger partial charge in [0, 0.05) is 22.5 Å². The van der Waals surface area contributed by atoms with Crippen LogP contribution >= 0.6 is 0 Å². The molecule has 102 valence electrons. The number of nitrogens with one attached hydrogen (secondary N) is 1. The molecule has 2 aromatic heterocycles. The van der Waals surface area contributed by atoms with E-state index < -0.39 is 0 Å². The molecule has 0 radical (unpaired) electrons. The van der Waals surface area contributed by atoms with Gasteiger partial charge in [-0.2, -0.15) is 5.10 Å². The van der Waals surface area contributed by atoms with E-state index in [-0.39, 0.29) is 5.56 Å². The fourth-order valence-electron chi connectivity index (χ4n) is 2.65. The van der Waals surface area contributed by atoms with Gasteiger partial charge in [-0.15, -0.1) is 0 Å². The summed E-state index contributed by atoms with van der Waals surface area (Å²) in [4.78, 5) is 15.1. The molecule has 0 aliphatic rings. The molecule has 0 fully saturated rings. The van der Waals surface area contributed by atoms with E-state index in [2.05, 4.69) is 10.1 Å². The summed E-state index contributed by atoms with van der Waals surface area (Å²) in [6.45, 7) is 2.04. The van der Waals surface area contributed by atoms with Crippen molar-refractivity contribution in [2.75, 3.05) is 0 Å². The van der Waals surface area contributed by atoms with Crippen LogP contribution in [0, 0.1) is 6.92 Å². The molecular weight excluding hydrogens is 262 g/mol. The third kappa shape index (κ3) is 1.84. The zero-order chi connectivity index (χ0) is 14.4. The molecule has 0 bridgehead atoms. The number of pyridine rings is 1. The SMILES string of the molecule is Cc1cccc(-n2cc3c(n2)c(=O)[nH]c2ccccc23)c1. The van der Waals surface area contributed by atoms with E-state index in [1.807, 2.05) is 61.7 Å². The van der Waals surface area contributed by atoms with Gasteiger partial charge in [0.1, 0.15) is 0 Å². The van der Waals surface area contributed by atoms with Gasteiger partial charge < -0.3 is 4.98 Å². The van der Waals surface area contributed by atoms with Gasteiger partial charge in [-0.25, -0.2) is 4.68 Å². The van der Waals surface area contributed by atoms with Gasteiger partial charge in [0.2, 0.25) is 0 Å². The summed E-state index contributed by atoms with van der Waals surface area (Å²) in [5, 5.41) is 6.32. The molecule has 4 heteroatoms. The van der Waals surface area contributed by atoms with Gasteiger partial charge in [-0.1, -0.05) is 30.3 Å². The van der Waals surface area contributed by atoms with E-state index >= 15 is 0 Å². The zero-order valence-electron chi connectivity index (χ0n) is 11.5. The van der Waals surface area contributed by atoms with Gasteiger partial charge in [-0.3, -0.25) is 4.79 Å². The number of fused-ring (bicyclic) bond motifs is 3. The van der Waals surface area contributed by atoms with Crippen molar-refractivity contribution < 1.29 is 0 Å². The summed E-state index contributed by atoms with van der Waals surface area (Å²) in [5.74, 6) is 0. The van der Waals surface area contributed by atoms with Crippen LogP contribution in [-0.4, -0.2) is 14.8 Å². The summed E-state index contributed by atoms with van der Waals surface area (Å²) in [5.41, 5.74) is 3.25. The molecule has 0 unspecified atom stereocenters. The molecule has 2 heterocycles. The normalized spacial score (nSPS) is 11.3. The summed E-state index contributed by atoms with van der Waals surface area (Å²) in [6, 6.07) is 15.8. The van der Waals surface area contributed by atoms with Crippen molar-refractivity contribution in [3.63, 3.8) is 0 Å². The summed E-state index contributed by atoms with van der Waals surface area (Å²) < 4.78 is 1.76. The van der Waals surface area contributed by atoms with Gasteiger partial charge in [-0.05, 0) is 30.7 Å². The highest BCUT2D eigenvalue weighted by Crippen LogP contribution is 2.21. The minimum atomic E-state index is -0.157. The lowest BCUT2D eigenvalue weighted by atomic mass is 10.1. The molecule has 0 amide bonds. The Labute approximate surface area is 120 Å². The second-order valence-corrected chi connectivity index (χ2v) is 5.17. The van der Waals surface area contributed by atoms with E-state index in [0.717, 1.165) is 27.5 Å². The number of benzene rings is 2. The Bertz CT molecular complexity index is 1030. The van der Waals surface area contributed by atoms with Gasteiger partial charge in [0.05, 0.1) is 5.69 Å². The molecule has 1 N–H and O–H groups in total. The molecule has 2 aromatic carbocycles. The number of para-hydroxylation sites is 1. The fraction of sp³-hybridized carbons (Fsp3) is 0.0588. The van der Waals surface area contributed by atoms with E-state index in [1.165, 1.54) is 0 Å². The van der Waals surface area contributed by atoms with Crippen molar-refractivity contribution in [2.45, 2.75) is 6.92 Å². The zero-order valence-corrected chi connectivity index (χ0v) is 11.5. The average Bonchev–Trinajstić information content (AvgIpc) is 2.93. The van der Waals surface area contributed by atoms with Crippen molar-refractivity contribution in [3.05, 3.63) is 70.6 Å². The largest absolute Gasteiger partial charge is 0.320 e. The van der Waals surface area contributed by atoms with Crippen LogP contribution in [0.25, 0.3) is 27.5 Å². The highest BCUT2D eigenvalue weighted by Gasteiger charge is 2.10. The highest BCUT2D eigenvalue weighted by atomic mass is 16.1. The van der Waals surface area contributed by atoms with Crippen molar-refractivity contribution >= 4 is 21.8 Å². The Morgan fingerprint density at radius 3 is 2.76 bits per heavy atom. The summed E-state index contributed by atoms with van der Waals surface area (Å²) in [7, 11) is 0. The van der Waals surface area contributed by atoms with Crippen molar-refractivity contribution in [1.29, 1.82) is 0 Å². The van der Waals surface area contributed by atoms with E-state index in [4.69, 9.17) is 0 Å². The number of hydrogen-bond acceptors (Lipinski definition) is 2. The van der Waals surface area contributed by atoms with E-state index in [1.54, 1.807) is 4.68 Å². The molecule has 0 saturated carbocycles. The first-order valence-electron chi connectivity index (χ1n) is 6.80. The molecule has 0 atom stereocenters. The number of hydrogen-bond donors (Lipinski definition) is 1. The van der Waals surface area contributed by atoms with Gasteiger partial charge in [0.25, 0.3) is 5.56 Å². The number of aromatic amines is 1. The molecule has 0 aliphatic heterocycles. The molecule has 21 heavy (non-hydrogen) atoms. The second kappa shape index (κ2) is 4.31. The first-order chi connectivity index (χ1) is 10.2. The predicted molar refractivity (Wildman–Crippen MR) is 83.9 cm³/mol. The maximum absolute atomic E-state index is 12.2. The molecular formula is C17H13N3O. The number of aryl methyl sites for hydroxylation is 1. The number of rotatable bonds is 1.